The van der Waals surface area contributed by atoms with Crippen LogP contribution in [0.1, 0.15) is 33.6 Å². The van der Waals surface area contributed by atoms with Gasteiger partial charge in [-0.2, -0.15) is 0 Å². The van der Waals surface area contributed by atoms with Crippen molar-refractivity contribution in [2.24, 2.45) is 0 Å². The van der Waals surface area contributed by atoms with E-state index in [1.165, 1.54) is 23.1 Å². The second-order valence-electron chi connectivity index (χ2n) is 8.40. The Kier molecular flexibility index (Phi) is 8.78. The number of ether oxygens (including phenoxy) is 1. The van der Waals surface area contributed by atoms with Crippen LogP contribution < -0.4 is 0 Å². The first-order valence-corrected chi connectivity index (χ1v) is 12.9. The molecule has 1 atom stereocenters. The average molecular weight is 535 g/mol. The van der Waals surface area contributed by atoms with Crippen molar-refractivity contribution < 1.29 is 18.7 Å². The highest BCUT2D eigenvalue weighted by molar-refractivity contribution is 7.09. The predicted octanol–water partition coefficient (Wildman–Crippen LogP) is 6.04. The molecule has 4 rings (SSSR count). The van der Waals surface area contributed by atoms with Crippen LogP contribution >= 0.6 is 34.5 Å². The number of hydrogen-bond donors (Lipinski definition) is 0. The number of nitrogens with zero attached hydrogens (tertiary/aromatic N) is 2. The molecule has 1 aliphatic rings. The molecule has 1 aromatic heterocycles. The van der Waals surface area contributed by atoms with E-state index >= 15 is 0 Å². The Hall–Kier alpha value is -2.45. The molecule has 1 saturated heterocycles. The molecule has 9 heteroatoms. The maximum atomic E-state index is 13.6. The summed E-state index contributed by atoms with van der Waals surface area (Å²) in [4.78, 5) is 31.2. The summed E-state index contributed by atoms with van der Waals surface area (Å²) < 4.78 is 19.2. The molecule has 5 nitrogen and oxygen atoms in total. The minimum atomic E-state index is -0.353. The molecule has 0 saturated carbocycles. The van der Waals surface area contributed by atoms with E-state index in [2.05, 4.69) is 0 Å². The van der Waals surface area contributed by atoms with Crippen LogP contribution in [0.25, 0.3) is 0 Å². The highest BCUT2D eigenvalue weighted by atomic mass is 35.5. The molecule has 1 aliphatic heterocycles. The van der Waals surface area contributed by atoms with Gasteiger partial charge in [-0.25, -0.2) is 4.39 Å². The standard InChI is InChI=1S/C26H25Cl2FN2O3S/c27-19-7-10-23(24(28)13-19)26(33)31(15-21-3-1-11-34-21)17-25(32)30(16-22-4-2-12-35-22)14-18-5-8-20(29)9-6-18/h2,4-10,12-13,21H,1,3,11,14-17H2/t21-/m1/s1. The molecular weight excluding hydrogens is 510 g/mol. The van der Waals surface area contributed by atoms with E-state index in [9.17, 15) is 14.0 Å². The number of benzene rings is 2. The Labute approximate surface area is 218 Å². The quantitative estimate of drug-likeness (QED) is 0.336. The van der Waals surface area contributed by atoms with E-state index in [0.29, 0.717) is 24.7 Å². The van der Waals surface area contributed by atoms with Crippen molar-refractivity contribution >= 4 is 46.4 Å². The van der Waals surface area contributed by atoms with Gasteiger partial charge in [0.1, 0.15) is 12.4 Å². The molecule has 0 bridgehead atoms. The second-order valence-corrected chi connectivity index (χ2v) is 10.3. The van der Waals surface area contributed by atoms with Crippen molar-refractivity contribution in [3.8, 4) is 0 Å². The van der Waals surface area contributed by atoms with Gasteiger partial charge < -0.3 is 14.5 Å². The second kappa shape index (κ2) is 12.0. The van der Waals surface area contributed by atoms with Gasteiger partial charge in [0.25, 0.3) is 5.91 Å². The van der Waals surface area contributed by atoms with Crippen molar-refractivity contribution in [3.05, 3.63) is 91.8 Å². The summed E-state index contributed by atoms with van der Waals surface area (Å²) in [6.07, 6.45) is 1.60. The number of amides is 2. The molecule has 35 heavy (non-hydrogen) atoms. The maximum Gasteiger partial charge on any atom is 0.255 e. The lowest BCUT2D eigenvalue weighted by Gasteiger charge is -2.29. The summed E-state index contributed by atoms with van der Waals surface area (Å²) in [5, 5.41) is 2.61. The van der Waals surface area contributed by atoms with Crippen LogP contribution in [0.15, 0.2) is 60.0 Å². The van der Waals surface area contributed by atoms with E-state index in [-0.39, 0.29) is 47.4 Å². The van der Waals surface area contributed by atoms with Crippen LogP contribution in [0.2, 0.25) is 10.0 Å². The smallest absolute Gasteiger partial charge is 0.255 e. The molecule has 3 aromatic rings. The zero-order chi connectivity index (χ0) is 24.8. The van der Waals surface area contributed by atoms with Crippen molar-refractivity contribution in [1.29, 1.82) is 0 Å². The lowest BCUT2D eigenvalue weighted by atomic mass is 10.1. The van der Waals surface area contributed by atoms with Crippen molar-refractivity contribution in [2.45, 2.75) is 32.0 Å². The van der Waals surface area contributed by atoms with Gasteiger partial charge in [0.05, 0.1) is 23.2 Å². The first-order valence-electron chi connectivity index (χ1n) is 11.3. The summed E-state index contributed by atoms with van der Waals surface area (Å²) in [7, 11) is 0. The minimum Gasteiger partial charge on any atom is -0.376 e. The molecule has 2 heterocycles. The Morgan fingerprint density at radius 3 is 2.51 bits per heavy atom. The third-order valence-corrected chi connectivity index (χ3v) is 7.20. The fourth-order valence-corrected chi connectivity index (χ4v) is 5.19. The molecule has 2 amide bonds. The molecule has 184 valence electrons. The monoisotopic (exact) mass is 534 g/mol. The Bertz CT molecular complexity index is 1150. The van der Waals surface area contributed by atoms with Gasteiger partial charge in [0.2, 0.25) is 5.91 Å². The number of rotatable bonds is 9. The van der Waals surface area contributed by atoms with Gasteiger partial charge in [-0.05, 0) is 60.2 Å². The van der Waals surface area contributed by atoms with Crippen LogP contribution in [0, 0.1) is 5.82 Å². The largest absolute Gasteiger partial charge is 0.376 e. The summed E-state index contributed by atoms with van der Waals surface area (Å²) >= 11 is 13.9. The van der Waals surface area contributed by atoms with Crippen molar-refractivity contribution in [2.75, 3.05) is 19.7 Å². The van der Waals surface area contributed by atoms with Gasteiger partial charge in [-0.3, -0.25) is 9.59 Å². The van der Waals surface area contributed by atoms with E-state index < -0.39 is 0 Å². The summed E-state index contributed by atoms with van der Waals surface area (Å²) in [6.45, 7) is 1.47. The lowest BCUT2D eigenvalue weighted by molar-refractivity contribution is -0.133. The summed E-state index contributed by atoms with van der Waals surface area (Å²) in [6, 6.07) is 14.6. The van der Waals surface area contributed by atoms with E-state index in [1.54, 1.807) is 40.5 Å². The van der Waals surface area contributed by atoms with Gasteiger partial charge in [0.15, 0.2) is 0 Å². The van der Waals surface area contributed by atoms with Crippen LogP contribution in [0.3, 0.4) is 0 Å². The fourth-order valence-electron chi connectivity index (χ4n) is 3.98. The molecule has 0 N–H and O–H groups in total. The Balaban J connectivity index is 1.56. The van der Waals surface area contributed by atoms with Gasteiger partial charge >= 0.3 is 0 Å². The highest BCUT2D eigenvalue weighted by Crippen LogP contribution is 2.24. The van der Waals surface area contributed by atoms with E-state index in [4.69, 9.17) is 27.9 Å². The molecule has 0 radical (unpaired) electrons. The molecule has 1 fully saturated rings. The molecule has 0 aliphatic carbocycles. The highest BCUT2D eigenvalue weighted by Gasteiger charge is 2.28. The van der Waals surface area contributed by atoms with Gasteiger partial charge in [0, 0.05) is 29.6 Å². The zero-order valence-electron chi connectivity index (χ0n) is 19.0. The van der Waals surface area contributed by atoms with Crippen molar-refractivity contribution in [1.82, 2.24) is 9.80 Å². The summed E-state index contributed by atoms with van der Waals surface area (Å²) in [5.41, 5.74) is 1.08. The van der Waals surface area contributed by atoms with E-state index in [1.807, 2.05) is 17.5 Å². The maximum absolute atomic E-state index is 13.6. The number of halogens is 3. The lowest BCUT2D eigenvalue weighted by Crippen LogP contribution is -2.45. The zero-order valence-corrected chi connectivity index (χ0v) is 21.3. The normalized spacial score (nSPS) is 15.2. The summed E-state index contributed by atoms with van der Waals surface area (Å²) in [5.74, 6) is -0.911. The SMILES string of the molecule is O=C(CN(C[C@H]1CCCO1)C(=O)c1ccc(Cl)cc1Cl)N(Cc1ccc(F)cc1)Cc1cccs1. The first-order chi connectivity index (χ1) is 16.9. The molecule has 2 aromatic carbocycles. The van der Waals surface area contributed by atoms with Crippen molar-refractivity contribution in [3.63, 3.8) is 0 Å². The molecule has 0 unspecified atom stereocenters. The van der Waals surface area contributed by atoms with Gasteiger partial charge in [-0.15, -0.1) is 11.3 Å². The number of carbonyl (C=O) groups excluding carboxylic acids is 2. The molecule has 0 spiro atoms. The van der Waals surface area contributed by atoms with E-state index in [0.717, 1.165) is 23.3 Å². The Morgan fingerprint density at radius 2 is 1.86 bits per heavy atom. The van der Waals surface area contributed by atoms with Gasteiger partial charge in [-0.1, -0.05) is 41.4 Å². The number of thiophene rings is 1. The topological polar surface area (TPSA) is 49.9 Å². The average Bonchev–Trinajstić information content (AvgIpc) is 3.53. The minimum absolute atomic E-state index is 0.135. The predicted molar refractivity (Wildman–Crippen MR) is 136 cm³/mol. The van der Waals surface area contributed by atoms with Crippen LogP contribution in [-0.2, 0) is 22.6 Å². The third-order valence-electron chi connectivity index (χ3n) is 5.79. The van der Waals surface area contributed by atoms with Crippen LogP contribution in [0.4, 0.5) is 4.39 Å². The number of hydrogen-bond acceptors (Lipinski definition) is 4. The number of carbonyl (C=O) groups is 2. The van der Waals surface area contributed by atoms with Crippen LogP contribution in [-0.4, -0.2) is 47.4 Å². The third kappa shape index (κ3) is 7.04. The molecular formula is C26H25Cl2FN2O3S. The fraction of sp³-hybridized carbons (Fsp3) is 0.308. The van der Waals surface area contributed by atoms with Crippen LogP contribution in [0.5, 0.6) is 0 Å². The Morgan fingerprint density at radius 1 is 1.06 bits per heavy atom. The first kappa shape index (κ1) is 25.6.